The van der Waals surface area contributed by atoms with Gasteiger partial charge in [0.1, 0.15) is 11.6 Å². The van der Waals surface area contributed by atoms with E-state index in [0.717, 1.165) is 24.1 Å². The van der Waals surface area contributed by atoms with Gasteiger partial charge in [0.05, 0.1) is 6.04 Å². The first-order chi connectivity index (χ1) is 10.0. The minimum Gasteiger partial charge on any atom is -0.306 e. The fourth-order valence-corrected chi connectivity index (χ4v) is 2.41. The lowest BCUT2D eigenvalue weighted by molar-refractivity contribution is 0.584. The average molecular weight is 289 g/mol. The second kappa shape index (κ2) is 6.81. The fourth-order valence-electron chi connectivity index (χ4n) is 2.41. The number of rotatable bonds is 5. The van der Waals surface area contributed by atoms with Crippen LogP contribution < -0.4 is 5.32 Å². The molecule has 2 aromatic carbocycles. The van der Waals surface area contributed by atoms with E-state index in [0.29, 0.717) is 11.1 Å². The van der Waals surface area contributed by atoms with Crippen LogP contribution in [0.1, 0.15) is 41.6 Å². The molecule has 21 heavy (non-hydrogen) atoms. The summed E-state index contributed by atoms with van der Waals surface area (Å²) in [5.74, 6) is -0.411. The van der Waals surface area contributed by atoms with Crippen LogP contribution in [0.4, 0.5) is 8.78 Å². The molecule has 0 amide bonds. The highest BCUT2D eigenvalue weighted by atomic mass is 19.1. The summed E-state index contributed by atoms with van der Waals surface area (Å²) < 4.78 is 26.9. The van der Waals surface area contributed by atoms with Crippen molar-refractivity contribution in [1.82, 2.24) is 5.32 Å². The molecule has 0 spiro atoms. The molecule has 0 aliphatic heterocycles. The Labute approximate surface area is 125 Å². The van der Waals surface area contributed by atoms with Crippen LogP contribution in [-0.4, -0.2) is 6.54 Å². The van der Waals surface area contributed by atoms with Gasteiger partial charge in [0, 0.05) is 0 Å². The Balaban J connectivity index is 2.41. The molecule has 3 heteroatoms. The molecule has 0 radical (unpaired) electrons. The van der Waals surface area contributed by atoms with Crippen molar-refractivity contribution in [3.05, 3.63) is 70.3 Å². The van der Waals surface area contributed by atoms with E-state index < -0.39 is 0 Å². The number of halogens is 2. The third-order valence-corrected chi connectivity index (χ3v) is 3.63. The lowest BCUT2D eigenvalue weighted by Gasteiger charge is -2.21. The van der Waals surface area contributed by atoms with Crippen molar-refractivity contribution < 1.29 is 8.78 Å². The molecule has 2 rings (SSSR count). The van der Waals surface area contributed by atoms with E-state index in [4.69, 9.17) is 0 Å². The monoisotopic (exact) mass is 289 g/mol. The van der Waals surface area contributed by atoms with Crippen LogP contribution in [0.25, 0.3) is 0 Å². The summed E-state index contributed by atoms with van der Waals surface area (Å²) in [5, 5.41) is 3.45. The molecule has 1 nitrogen and oxygen atoms in total. The largest absolute Gasteiger partial charge is 0.306 e. The van der Waals surface area contributed by atoms with Crippen molar-refractivity contribution >= 4 is 0 Å². The first-order valence-corrected chi connectivity index (χ1v) is 7.28. The van der Waals surface area contributed by atoms with Gasteiger partial charge in [0.25, 0.3) is 0 Å². The standard InChI is InChI=1S/C18H21F2N/c1-4-9-21-18(14-5-7-16(19)12(2)10-14)15-6-8-17(20)13(3)11-15/h5-8,10-11,18,21H,4,9H2,1-3H3. The maximum Gasteiger partial charge on any atom is 0.126 e. The topological polar surface area (TPSA) is 12.0 Å². The second-order valence-electron chi connectivity index (χ2n) is 5.40. The van der Waals surface area contributed by atoms with Crippen LogP contribution in [0.3, 0.4) is 0 Å². The first kappa shape index (κ1) is 15.6. The summed E-state index contributed by atoms with van der Waals surface area (Å²) in [6.45, 7) is 6.45. The van der Waals surface area contributed by atoms with Gasteiger partial charge in [-0.1, -0.05) is 31.2 Å². The summed E-state index contributed by atoms with van der Waals surface area (Å²) in [4.78, 5) is 0. The molecular formula is C18H21F2N. The zero-order chi connectivity index (χ0) is 15.4. The molecule has 0 saturated carbocycles. The number of benzene rings is 2. The molecule has 0 saturated heterocycles. The van der Waals surface area contributed by atoms with Gasteiger partial charge in [0.15, 0.2) is 0 Å². The maximum atomic E-state index is 13.5. The summed E-state index contributed by atoms with van der Waals surface area (Å²) in [6, 6.07) is 10.2. The Morgan fingerprint density at radius 3 is 1.76 bits per heavy atom. The predicted octanol–water partition coefficient (Wildman–Crippen LogP) is 4.67. The van der Waals surface area contributed by atoms with Gasteiger partial charge in [-0.05, 0) is 61.2 Å². The molecule has 0 aromatic heterocycles. The molecule has 0 atom stereocenters. The molecule has 112 valence electrons. The quantitative estimate of drug-likeness (QED) is 0.843. The molecule has 2 aromatic rings. The Kier molecular flexibility index (Phi) is 5.07. The Morgan fingerprint density at radius 1 is 0.905 bits per heavy atom. The predicted molar refractivity (Wildman–Crippen MR) is 82.4 cm³/mol. The van der Waals surface area contributed by atoms with Gasteiger partial charge in [-0.25, -0.2) is 8.78 Å². The molecule has 0 unspecified atom stereocenters. The normalized spacial score (nSPS) is 11.1. The van der Waals surface area contributed by atoms with Crippen LogP contribution in [0.15, 0.2) is 36.4 Å². The average Bonchev–Trinajstić information content (AvgIpc) is 2.46. The summed E-state index contributed by atoms with van der Waals surface area (Å²) >= 11 is 0. The van der Waals surface area contributed by atoms with Gasteiger partial charge >= 0.3 is 0 Å². The number of hydrogen-bond donors (Lipinski definition) is 1. The van der Waals surface area contributed by atoms with E-state index in [1.54, 1.807) is 26.0 Å². The van der Waals surface area contributed by atoms with Crippen molar-refractivity contribution in [1.29, 1.82) is 0 Å². The summed E-state index contributed by atoms with van der Waals surface area (Å²) in [5.41, 5.74) is 3.23. The van der Waals surface area contributed by atoms with E-state index in [9.17, 15) is 8.78 Å². The van der Waals surface area contributed by atoms with Gasteiger partial charge in [0.2, 0.25) is 0 Å². The molecule has 0 bridgehead atoms. The van der Waals surface area contributed by atoms with Crippen molar-refractivity contribution in [2.75, 3.05) is 6.54 Å². The van der Waals surface area contributed by atoms with Gasteiger partial charge in [-0.15, -0.1) is 0 Å². The molecular weight excluding hydrogens is 268 g/mol. The zero-order valence-corrected chi connectivity index (χ0v) is 12.7. The third-order valence-electron chi connectivity index (χ3n) is 3.63. The Bertz CT molecular complexity index is 571. The van der Waals surface area contributed by atoms with Gasteiger partial charge in [-0.2, -0.15) is 0 Å². The van der Waals surface area contributed by atoms with Crippen LogP contribution in [0.5, 0.6) is 0 Å². The second-order valence-corrected chi connectivity index (χ2v) is 5.40. The molecule has 1 N–H and O–H groups in total. The SMILES string of the molecule is CCCNC(c1ccc(F)c(C)c1)c1ccc(F)c(C)c1. The highest BCUT2D eigenvalue weighted by Gasteiger charge is 2.15. The van der Waals surface area contributed by atoms with Crippen LogP contribution in [0.2, 0.25) is 0 Å². The molecule has 0 aliphatic rings. The van der Waals surface area contributed by atoms with Crippen molar-refractivity contribution in [3.8, 4) is 0 Å². The first-order valence-electron chi connectivity index (χ1n) is 7.28. The van der Waals surface area contributed by atoms with Crippen LogP contribution in [-0.2, 0) is 0 Å². The fraction of sp³-hybridized carbons (Fsp3) is 0.333. The van der Waals surface area contributed by atoms with E-state index in [1.807, 2.05) is 12.1 Å². The Hall–Kier alpha value is -1.74. The van der Waals surface area contributed by atoms with Crippen molar-refractivity contribution in [2.45, 2.75) is 33.2 Å². The van der Waals surface area contributed by atoms with Crippen LogP contribution in [0, 0.1) is 25.5 Å². The number of nitrogens with one attached hydrogen (secondary N) is 1. The number of aryl methyl sites for hydroxylation is 2. The van der Waals surface area contributed by atoms with Crippen LogP contribution >= 0.6 is 0 Å². The van der Waals surface area contributed by atoms with Crippen molar-refractivity contribution in [2.24, 2.45) is 0 Å². The number of hydrogen-bond acceptors (Lipinski definition) is 1. The maximum absolute atomic E-state index is 13.5. The molecule has 0 fully saturated rings. The minimum absolute atomic E-state index is 0.0523. The highest BCUT2D eigenvalue weighted by molar-refractivity contribution is 5.36. The summed E-state index contributed by atoms with van der Waals surface area (Å²) in [6.07, 6.45) is 0.997. The lowest BCUT2D eigenvalue weighted by Crippen LogP contribution is -2.23. The minimum atomic E-state index is -0.205. The van der Waals surface area contributed by atoms with E-state index in [2.05, 4.69) is 12.2 Å². The van der Waals surface area contributed by atoms with E-state index >= 15 is 0 Å². The third kappa shape index (κ3) is 3.67. The van der Waals surface area contributed by atoms with E-state index in [1.165, 1.54) is 12.1 Å². The lowest BCUT2D eigenvalue weighted by atomic mass is 9.95. The zero-order valence-electron chi connectivity index (χ0n) is 12.7. The highest BCUT2D eigenvalue weighted by Crippen LogP contribution is 2.25. The smallest absolute Gasteiger partial charge is 0.126 e. The van der Waals surface area contributed by atoms with Crippen molar-refractivity contribution in [3.63, 3.8) is 0 Å². The van der Waals surface area contributed by atoms with Gasteiger partial charge < -0.3 is 5.32 Å². The van der Waals surface area contributed by atoms with Gasteiger partial charge in [-0.3, -0.25) is 0 Å². The van der Waals surface area contributed by atoms with E-state index in [-0.39, 0.29) is 17.7 Å². The molecule has 0 aliphatic carbocycles. The molecule has 0 heterocycles. The Morgan fingerprint density at radius 2 is 1.38 bits per heavy atom. The summed E-state index contributed by atoms with van der Waals surface area (Å²) in [7, 11) is 0.